The number of carbonyl (C=O) groups is 3. The summed E-state index contributed by atoms with van der Waals surface area (Å²) in [7, 11) is 0. The van der Waals surface area contributed by atoms with Gasteiger partial charge in [-0.15, -0.1) is 0 Å². The molecule has 0 fully saturated rings. The molecule has 0 bridgehead atoms. The fourth-order valence-electron chi connectivity index (χ4n) is 1.88. The molecule has 7 heteroatoms. The number of ether oxygens (including phenoxy) is 1. The van der Waals surface area contributed by atoms with E-state index in [9.17, 15) is 19.5 Å². The van der Waals surface area contributed by atoms with Crippen LogP contribution in [0.5, 0.6) is 5.75 Å². The average Bonchev–Trinajstić information content (AvgIpc) is 2.47. The Morgan fingerprint density at radius 2 is 1.91 bits per heavy atom. The van der Waals surface area contributed by atoms with Crippen LogP contribution in [0.25, 0.3) is 0 Å². The summed E-state index contributed by atoms with van der Waals surface area (Å²) in [5.74, 6) is -1.33. The number of carboxylic acid groups (broad SMARTS) is 1. The van der Waals surface area contributed by atoms with Gasteiger partial charge in [0.15, 0.2) is 18.5 Å². The molecule has 0 aliphatic carbocycles. The molecule has 3 atom stereocenters. The summed E-state index contributed by atoms with van der Waals surface area (Å²) in [4.78, 5) is 32.5. The number of aliphatic hydroxyl groups is 1. The van der Waals surface area contributed by atoms with Gasteiger partial charge in [0, 0.05) is 6.92 Å². The maximum absolute atomic E-state index is 11.1. The summed E-state index contributed by atoms with van der Waals surface area (Å²) in [6.45, 7) is 2.86. The first kappa shape index (κ1) is 17.6. The number of aliphatic carboxylic acids is 1. The first-order valence-electron chi connectivity index (χ1n) is 6.72. The van der Waals surface area contributed by atoms with Crippen LogP contribution >= 0.6 is 0 Å². The largest absolute Gasteiger partial charge is 0.483 e. The van der Waals surface area contributed by atoms with Crippen molar-refractivity contribution in [1.29, 1.82) is 0 Å². The highest BCUT2D eigenvalue weighted by Gasteiger charge is 2.26. The van der Waals surface area contributed by atoms with Gasteiger partial charge in [0.2, 0.25) is 5.91 Å². The second kappa shape index (κ2) is 8.14. The second-order valence-electron chi connectivity index (χ2n) is 4.90. The molecule has 0 radical (unpaired) electrons. The quantitative estimate of drug-likeness (QED) is 0.589. The predicted molar refractivity (Wildman–Crippen MR) is 77.5 cm³/mol. The summed E-state index contributed by atoms with van der Waals surface area (Å²) in [6, 6.07) is 5.68. The standard InChI is InChI=1S/C15H19NO6/c1-9(8-17)22-12-5-3-11(4-6-12)7-13(16-10(2)18)14(19)15(20)21/h3-6,8-9,13-14,19H,7H2,1-2H3,(H,16,18)(H,20,21). The van der Waals surface area contributed by atoms with Crippen molar-refractivity contribution in [3.8, 4) is 5.75 Å². The number of carboxylic acids is 1. The van der Waals surface area contributed by atoms with Crippen LogP contribution < -0.4 is 10.1 Å². The Morgan fingerprint density at radius 3 is 2.36 bits per heavy atom. The fourth-order valence-corrected chi connectivity index (χ4v) is 1.88. The van der Waals surface area contributed by atoms with Crippen LogP contribution in [0.3, 0.4) is 0 Å². The third kappa shape index (κ3) is 5.53. The van der Waals surface area contributed by atoms with Crippen molar-refractivity contribution in [2.75, 3.05) is 0 Å². The van der Waals surface area contributed by atoms with Gasteiger partial charge in [-0.1, -0.05) is 12.1 Å². The average molecular weight is 309 g/mol. The van der Waals surface area contributed by atoms with Gasteiger partial charge in [-0.3, -0.25) is 9.59 Å². The minimum atomic E-state index is -1.70. The predicted octanol–water partition coefficient (Wildman–Crippen LogP) is 0.145. The zero-order valence-electron chi connectivity index (χ0n) is 12.4. The molecule has 22 heavy (non-hydrogen) atoms. The lowest BCUT2D eigenvalue weighted by atomic mass is 10.0. The van der Waals surface area contributed by atoms with Gasteiger partial charge < -0.3 is 20.3 Å². The number of hydrogen-bond donors (Lipinski definition) is 3. The Balaban J connectivity index is 2.78. The highest BCUT2D eigenvalue weighted by molar-refractivity contribution is 5.77. The van der Waals surface area contributed by atoms with Crippen molar-refractivity contribution in [2.45, 2.75) is 38.5 Å². The van der Waals surface area contributed by atoms with E-state index in [1.54, 1.807) is 31.2 Å². The molecule has 3 N–H and O–H groups in total. The molecule has 0 heterocycles. The van der Waals surface area contributed by atoms with Gasteiger partial charge in [-0.2, -0.15) is 0 Å². The highest BCUT2D eigenvalue weighted by Crippen LogP contribution is 2.15. The molecule has 0 aliphatic heterocycles. The van der Waals surface area contributed by atoms with Crippen molar-refractivity contribution in [1.82, 2.24) is 5.32 Å². The van der Waals surface area contributed by atoms with Crippen LogP contribution in [0.4, 0.5) is 0 Å². The summed E-state index contributed by atoms with van der Waals surface area (Å²) in [5, 5.41) is 20.9. The number of nitrogens with one attached hydrogen (secondary N) is 1. The molecule has 3 unspecified atom stereocenters. The van der Waals surface area contributed by atoms with Crippen molar-refractivity contribution >= 4 is 18.2 Å². The first-order chi connectivity index (χ1) is 10.3. The van der Waals surface area contributed by atoms with Gasteiger partial charge in [-0.25, -0.2) is 4.79 Å². The van der Waals surface area contributed by atoms with Crippen LogP contribution in [-0.4, -0.2) is 46.6 Å². The lowest BCUT2D eigenvalue weighted by molar-refractivity contribution is -0.148. The lowest BCUT2D eigenvalue weighted by Crippen LogP contribution is -2.47. The Bertz CT molecular complexity index is 527. The van der Waals surface area contributed by atoms with E-state index in [-0.39, 0.29) is 6.42 Å². The Kier molecular flexibility index (Phi) is 6.52. The minimum absolute atomic E-state index is 0.149. The van der Waals surface area contributed by atoms with Crippen molar-refractivity contribution < 1.29 is 29.3 Å². The molecular weight excluding hydrogens is 290 g/mol. The van der Waals surface area contributed by atoms with Crippen LogP contribution in [0.2, 0.25) is 0 Å². The van der Waals surface area contributed by atoms with Crippen molar-refractivity contribution in [3.63, 3.8) is 0 Å². The highest BCUT2D eigenvalue weighted by atomic mass is 16.5. The van der Waals surface area contributed by atoms with Crippen LogP contribution in [0.15, 0.2) is 24.3 Å². The molecule has 0 spiro atoms. The molecule has 0 aliphatic rings. The molecule has 0 aromatic heterocycles. The van der Waals surface area contributed by atoms with E-state index in [1.807, 2.05) is 0 Å². The minimum Gasteiger partial charge on any atom is -0.483 e. The van der Waals surface area contributed by atoms with Gasteiger partial charge >= 0.3 is 5.97 Å². The third-order valence-electron chi connectivity index (χ3n) is 2.92. The summed E-state index contributed by atoms with van der Waals surface area (Å²) in [5.41, 5.74) is 0.713. The topological polar surface area (TPSA) is 113 Å². The van der Waals surface area contributed by atoms with Gasteiger partial charge in [0.25, 0.3) is 0 Å². The Hall–Kier alpha value is -2.41. The maximum Gasteiger partial charge on any atom is 0.334 e. The number of carbonyl (C=O) groups excluding carboxylic acids is 2. The third-order valence-corrected chi connectivity index (χ3v) is 2.92. The van der Waals surface area contributed by atoms with Gasteiger partial charge in [-0.05, 0) is 31.0 Å². The first-order valence-corrected chi connectivity index (χ1v) is 6.72. The van der Waals surface area contributed by atoms with E-state index in [4.69, 9.17) is 9.84 Å². The second-order valence-corrected chi connectivity index (χ2v) is 4.90. The van der Waals surface area contributed by atoms with E-state index in [1.165, 1.54) is 6.92 Å². The van der Waals surface area contributed by atoms with Crippen LogP contribution in [0.1, 0.15) is 19.4 Å². The van der Waals surface area contributed by atoms with Gasteiger partial charge in [0.1, 0.15) is 5.75 Å². The molecule has 1 aromatic carbocycles. The van der Waals surface area contributed by atoms with Crippen LogP contribution in [-0.2, 0) is 20.8 Å². The molecule has 120 valence electrons. The monoisotopic (exact) mass is 309 g/mol. The van der Waals surface area contributed by atoms with Crippen molar-refractivity contribution in [2.24, 2.45) is 0 Å². The Morgan fingerprint density at radius 1 is 1.32 bits per heavy atom. The normalized spacial score (nSPS) is 14.5. The number of rotatable bonds is 8. The SMILES string of the molecule is CC(=O)NC(Cc1ccc(OC(C)C=O)cc1)C(O)C(=O)O. The van der Waals surface area contributed by atoms with E-state index >= 15 is 0 Å². The number of benzene rings is 1. The summed E-state index contributed by atoms with van der Waals surface area (Å²) in [6.07, 6.45) is -1.44. The zero-order valence-corrected chi connectivity index (χ0v) is 12.4. The molecule has 7 nitrogen and oxygen atoms in total. The number of aliphatic hydroxyl groups excluding tert-OH is 1. The summed E-state index contributed by atoms with van der Waals surface area (Å²) >= 11 is 0. The summed E-state index contributed by atoms with van der Waals surface area (Å²) < 4.78 is 5.29. The number of hydrogen-bond acceptors (Lipinski definition) is 5. The lowest BCUT2D eigenvalue weighted by Gasteiger charge is -2.21. The van der Waals surface area contributed by atoms with Crippen molar-refractivity contribution in [3.05, 3.63) is 29.8 Å². The number of aldehydes is 1. The van der Waals surface area contributed by atoms with Gasteiger partial charge in [0.05, 0.1) is 6.04 Å². The number of amides is 1. The molecule has 0 saturated heterocycles. The molecule has 0 saturated carbocycles. The smallest absolute Gasteiger partial charge is 0.334 e. The zero-order chi connectivity index (χ0) is 16.7. The van der Waals surface area contributed by atoms with E-state index < -0.39 is 30.1 Å². The molecule has 1 aromatic rings. The maximum atomic E-state index is 11.1. The Labute approximate surface area is 127 Å². The van der Waals surface area contributed by atoms with E-state index in [0.29, 0.717) is 17.6 Å². The fraction of sp³-hybridized carbons (Fsp3) is 0.400. The van der Waals surface area contributed by atoms with E-state index in [0.717, 1.165) is 0 Å². The van der Waals surface area contributed by atoms with Crippen LogP contribution in [0, 0.1) is 0 Å². The molecule has 1 amide bonds. The molecule has 1 rings (SSSR count). The van der Waals surface area contributed by atoms with E-state index in [2.05, 4.69) is 5.32 Å². The molecular formula is C15H19NO6.